The van der Waals surface area contributed by atoms with Crippen molar-refractivity contribution in [3.05, 3.63) is 118 Å². The van der Waals surface area contributed by atoms with Crippen LogP contribution in [0.25, 0.3) is 11.3 Å². The van der Waals surface area contributed by atoms with Gasteiger partial charge >= 0.3 is 12.3 Å². The summed E-state index contributed by atoms with van der Waals surface area (Å²) < 4.78 is 62.4. The highest BCUT2D eigenvalue weighted by atomic mass is 19.4. The third-order valence-electron chi connectivity index (χ3n) is 9.32. The summed E-state index contributed by atoms with van der Waals surface area (Å²) in [7, 11) is 0. The molecule has 0 saturated carbocycles. The monoisotopic (exact) mass is 724 g/mol. The molecule has 270 valence electrons. The molecule has 0 unspecified atom stereocenters. The van der Waals surface area contributed by atoms with Gasteiger partial charge in [-0.05, 0) is 72.5 Å². The van der Waals surface area contributed by atoms with E-state index in [4.69, 9.17) is 4.74 Å². The van der Waals surface area contributed by atoms with E-state index in [2.05, 4.69) is 37.8 Å². The van der Waals surface area contributed by atoms with Gasteiger partial charge in [-0.3, -0.25) is 4.79 Å². The number of anilines is 4. The van der Waals surface area contributed by atoms with Gasteiger partial charge in [-0.25, -0.2) is 18.9 Å². The third kappa shape index (κ3) is 7.21. The van der Waals surface area contributed by atoms with Crippen molar-refractivity contribution in [2.45, 2.75) is 32.7 Å². The Kier molecular flexibility index (Phi) is 9.44. The molecule has 0 radical (unpaired) electrons. The highest BCUT2D eigenvalue weighted by molar-refractivity contribution is 6.05. The number of piperazine rings is 1. The molecule has 0 bridgehead atoms. The molecule has 0 spiro atoms. The topological polar surface area (TPSA) is 128 Å². The molecule has 15 heteroatoms. The van der Waals surface area contributed by atoms with Crippen LogP contribution in [0.2, 0.25) is 0 Å². The Bertz CT molecular complexity index is 2240. The predicted molar refractivity (Wildman–Crippen MR) is 188 cm³/mol. The van der Waals surface area contributed by atoms with Crippen molar-refractivity contribution in [2.75, 3.05) is 41.7 Å². The van der Waals surface area contributed by atoms with E-state index in [1.54, 1.807) is 9.58 Å². The molecule has 1 saturated heterocycles. The number of benzene rings is 3. The molecule has 3 aromatic carbocycles. The van der Waals surface area contributed by atoms with Crippen molar-refractivity contribution in [2.24, 2.45) is 0 Å². The number of aromatic nitrogens is 3. The van der Waals surface area contributed by atoms with Gasteiger partial charge in [-0.2, -0.15) is 23.5 Å². The first kappa shape index (κ1) is 35.0. The lowest BCUT2D eigenvalue weighted by atomic mass is 9.99. The summed E-state index contributed by atoms with van der Waals surface area (Å²) in [6.45, 7) is 4.26. The van der Waals surface area contributed by atoms with Gasteiger partial charge in [-0.1, -0.05) is 30.3 Å². The number of rotatable bonds is 6. The Morgan fingerprint density at radius 2 is 1.77 bits per heavy atom. The molecular formula is C38H32F4N8O3. The molecule has 2 aromatic heterocycles. The van der Waals surface area contributed by atoms with E-state index in [1.807, 2.05) is 42.5 Å². The largest absolute Gasteiger partial charge is 0.445 e. The maximum Gasteiger partial charge on any atom is 0.416 e. The van der Waals surface area contributed by atoms with Crippen molar-refractivity contribution in [1.29, 1.82) is 5.26 Å². The van der Waals surface area contributed by atoms with E-state index in [9.17, 15) is 28.0 Å². The maximum atomic E-state index is 15.9. The molecule has 2 aliphatic rings. The number of aryl methyl sites for hydroxylation is 2. The number of nitrogens with zero attached hydrogens (tertiary/aromatic N) is 6. The minimum absolute atomic E-state index is 0.00571. The molecule has 1 fully saturated rings. The lowest BCUT2D eigenvalue weighted by Crippen LogP contribution is -2.49. The second-order valence-corrected chi connectivity index (χ2v) is 12.6. The minimum atomic E-state index is -4.63. The van der Waals surface area contributed by atoms with Crippen molar-refractivity contribution in [3.63, 3.8) is 0 Å². The smallest absolute Gasteiger partial charge is 0.416 e. The first-order valence-electron chi connectivity index (χ1n) is 16.8. The predicted octanol–water partition coefficient (Wildman–Crippen LogP) is 7.29. The van der Waals surface area contributed by atoms with E-state index >= 15 is 4.39 Å². The molecule has 11 nitrogen and oxygen atoms in total. The minimum Gasteiger partial charge on any atom is -0.445 e. The van der Waals surface area contributed by atoms with Crippen molar-refractivity contribution in [1.82, 2.24) is 19.7 Å². The summed E-state index contributed by atoms with van der Waals surface area (Å²) in [5.74, 6) is -1.59. The highest BCUT2D eigenvalue weighted by Gasteiger charge is 2.31. The summed E-state index contributed by atoms with van der Waals surface area (Å²) in [5.41, 5.74) is 2.70. The van der Waals surface area contributed by atoms with Gasteiger partial charge in [0.25, 0.3) is 5.91 Å². The summed E-state index contributed by atoms with van der Waals surface area (Å²) >= 11 is 0. The molecule has 53 heavy (non-hydrogen) atoms. The van der Waals surface area contributed by atoms with Crippen LogP contribution >= 0.6 is 0 Å². The third-order valence-corrected chi connectivity index (χ3v) is 9.32. The number of nitrogens with one attached hydrogen (secondary N) is 2. The number of carbonyl (C=O) groups is 2. The number of pyridine rings is 1. The Morgan fingerprint density at radius 1 is 1.00 bits per heavy atom. The Balaban J connectivity index is 1.04. The highest BCUT2D eigenvalue weighted by Crippen LogP contribution is 2.37. The van der Waals surface area contributed by atoms with Crippen molar-refractivity contribution < 1.29 is 31.9 Å². The number of halogens is 4. The quantitative estimate of drug-likeness (QED) is 0.175. The fourth-order valence-corrected chi connectivity index (χ4v) is 6.44. The fraction of sp³-hybridized carbons (Fsp3) is 0.237. The zero-order valence-electron chi connectivity index (χ0n) is 28.4. The first-order chi connectivity index (χ1) is 25.5. The van der Waals surface area contributed by atoms with Gasteiger partial charge < -0.3 is 25.2 Å². The Hall–Kier alpha value is -6.43. The number of nitriles is 1. The second-order valence-electron chi connectivity index (χ2n) is 12.6. The number of carbonyl (C=O) groups excluding carboxylic acids is 2. The molecule has 7 rings (SSSR count). The lowest BCUT2D eigenvalue weighted by molar-refractivity contribution is -0.137. The van der Waals surface area contributed by atoms with E-state index in [0.717, 1.165) is 34.8 Å². The number of hydrogen-bond donors (Lipinski definition) is 2. The van der Waals surface area contributed by atoms with Gasteiger partial charge in [-0.15, -0.1) is 0 Å². The number of hydrogen-bond acceptors (Lipinski definition) is 8. The molecule has 0 atom stereocenters. The zero-order valence-corrected chi connectivity index (χ0v) is 28.4. The van der Waals surface area contributed by atoms with E-state index in [1.165, 1.54) is 19.1 Å². The molecule has 5 aromatic rings. The van der Waals surface area contributed by atoms with Crippen LogP contribution in [0.4, 0.5) is 45.4 Å². The van der Waals surface area contributed by atoms with Gasteiger partial charge in [0.05, 0.1) is 5.56 Å². The fourth-order valence-electron chi connectivity index (χ4n) is 6.44. The lowest BCUT2D eigenvalue weighted by Gasteiger charge is -2.35. The SMILES string of the molecule is Cc1c(C(=O)Nc2cc(C(F)(F)F)ccn2)ccc(-c2nn3c(c2C#N)Nc2ccc(N4CCN(C(=O)OCc5ccccc5)CC4)cc2CC3)c1F. The van der Waals surface area contributed by atoms with Crippen LogP contribution < -0.4 is 15.5 Å². The average Bonchev–Trinajstić information content (AvgIpc) is 3.40. The Morgan fingerprint density at radius 3 is 2.51 bits per heavy atom. The van der Waals surface area contributed by atoms with Gasteiger partial charge in [0.15, 0.2) is 0 Å². The van der Waals surface area contributed by atoms with Crippen LogP contribution in [0.5, 0.6) is 0 Å². The van der Waals surface area contributed by atoms with Gasteiger partial charge in [0.1, 0.15) is 41.4 Å². The van der Waals surface area contributed by atoms with Gasteiger partial charge in [0.2, 0.25) is 0 Å². The van der Waals surface area contributed by atoms with Crippen LogP contribution in [0, 0.1) is 24.1 Å². The number of alkyl halides is 3. The second kappa shape index (κ2) is 14.3. The average molecular weight is 725 g/mol. The van der Waals surface area contributed by atoms with Crippen molar-refractivity contribution in [3.8, 4) is 17.3 Å². The van der Waals surface area contributed by atoms with Crippen LogP contribution in [0.1, 0.15) is 38.2 Å². The van der Waals surface area contributed by atoms with Gasteiger partial charge in [0, 0.05) is 61.4 Å². The summed E-state index contributed by atoms with van der Waals surface area (Å²) in [4.78, 5) is 33.3. The summed E-state index contributed by atoms with van der Waals surface area (Å²) in [6.07, 6.45) is -3.49. The zero-order chi connectivity index (χ0) is 37.3. The molecule has 2 aliphatic heterocycles. The van der Waals surface area contributed by atoms with Crippen LogP contribution in [0.15, 0.2) is 79.0 Å². The molecule has 4 heterocycles. The Labute approximate surface area is 301 Å². The van der Waals surface area contributed by atoms with Crippen LogP contribution in [0.3, 0.4) is 0 Å². The molecule has 2 N–H and O–H groups in total. The van der Waals surface area contributed by atoms with E-state index < -0.39 is 23.5 Å². The standard InChI is InChI=1S/C38H32F4N8O3/c1-23-28(36(51)46-32-20-26(11-13-44-32)38(40,41)42)8-9-29(33(23)39)34-30(21-43)35-45-31-10-7-27(19-25(31)12-14-50(35)47-34)48-15-17-49(18-16-48)37(52)53-22-24-5-3-2-4-6-24/h2-11,13,19-20,45H,12,14-18,22H2,1H3,(H,44,46,51). The maximum absolute atomic E-state index is 15.9. The number of ether oxygens (including phenoxy) is 1. The molecule has 0 aliphatic carbocycles. The number of fused-ring (bicyclic) bond motifs is 2. The summed E-state index contributed by atoms with van der Waals surface area (Å²) in [5, 5.41) is 20.4. The molecular weight excluding hydrogens is 692 g/mol. The van der Waals surface area contributed by atoms with Crippen LogP contribution in [-0.4, -0.2) is 57.8 Å². The van der Waals surface area contributed by atoms with E-state index in [0.29, 0.717) is 51.0 Å². The van der Waals surface area contributed by atoms with Crippen LogP contribution in [-0.2, 0) is 30.5 Å². The number of amides is 2. The molecule has 2 amide bonds. The van der Waals surface area contributed by atoms with Crippen molar-refractivity contribution >= 4 is 35.0 Å². The van der Waals surface area contributed by atoms with E-state index in [-0.39, 0.29) is 46.5 Å². The first-order valence-corrected chi connectivity index (χ1v) is 16.8. The normalized spacial score (nSPS) is 14.0. The summed E-state index contributed by atoms with van der Waals surface area (Å²) in [6, 6.07) is 21.8.